The molecule has 2 unspecified atom stereocenters. The lowest BCUT2D eigenvalue weighted by Gasteiger charge is -2.47. The average molecular weight is 435 g/mol. The zero-order valence-corrected chi connectivity index (χ0v) is 19.5. The highest BCUT2D eigenvalue weighted by Crippen LogP contribution is 2.29. The molecule has 4 amide bonds. The van der Waals surface area contributed by atoms with Gasteiger partial charge >= 0.3 is 6.03 Å². The molecule has 31 heavy (non-hydrogen) atoms. The Bertz CT molecular complexity index is 626. The van der Waals surface area contributed by atoms with Gasteiger partial charge in [0, 0.05) is 25.6 Å². The molecular weight excluding hydrogens is 392 g/mol. The number of hydrogen-bond acceptors (Lipinski definition) is 3. The molecule has 0 spiro atoms. The fourth-order valence-electron chi connectivity index (χ4n) is 5.72. The number of carbonyl (C=O) groups is 3. The SMILES string of the molecule is CC(C)CC1C(=O)N(CC2CCCCC2)CC(CC(N)=O)N1C(=O)NC1CCCCC1. The first-order valence-corrected chi connectivity index (χ1v) is 12.5. The van der Waals surface area contributed by atoms with Crippen molar-refractivity contribution in [1.29, 1.82) is 0 Å². The van der Waals surface area contributed by atoms with E-state index in [-0.39, 0.29) is 36.4 Å². The van der Waals surface area contributed by atoms with Gasteiger partial charge < -0.3 is 20.9 Å². The fraction of sp³-hybridized carbons (Fsp3) is 0.875. The largest absolute Gasteiger partial charge is 0.370 e. The predicted molar refractivity (Wildman–Crippen MR) is 121 cm³/mol. The molecule has 2 aliphatic carbocycles. The maximum Gasteiger partial charge on any atom is 0.318 e. The third kappa shape index (κ3) is 6.59. The van der Waals surface area contributed by atoms with Crippen molar-refractivity contribution in [3.63, 3.8) is 0 Å². The normalized spacial score (nSPS) is 26.4. The maximum atomic E-state index is 13.6. The Morgan fingerprint density at radius 2 is 1.65 bits per heavy atom. The summed E-state index contributed by atoms with van der Waals surface area (Å²) in [6.07, 6.45) is 12.2. The van der Waals surface area contributed by atoms with Crippen molar-refractivity contribution in [2.75, 3.05) is 13.1 Å². The second-order valence-electron chi connectivity index (χ2n) is 10.4. The first-order chi connectivity index (χ1) is 14.8. The van der Waals surface area contributed by atoms with E-state index >= 15 is 0 Å². The summed E-state index contributed by atoms with van der Waals surface area (Å²) >= 11 is 0. The number of hydrogen-bond donors (Lipinski definition) is 2. The molecule has 0 bridgehead atoms. The zero-order valence-electron chi connectivity index (χ0n) is 19.5. The lowest BCUT2D eigenvalue weighted by atomic mass is 9.87. The Labute approximate surface area is 187 Å². The number of nitrogens with one attached hydrogen (secondary N) is 1. The van der Waals surface area contributed by atoms with Crippen molar-refractivity contribution in [1.82, 2.24) is 15.1 Å². The van der Waals surface area contributed by atoms with Crippen LogP contribution in [0.3, 0.4) is 0 Å². The van der Waals surface area contributed by atoms with Crippen molar-refractivity contribution in [2.24, 2.45) is 17.6 Å². The van der Waals surface area contributed by atoms with Crippen molar-refractivity contribution in [3.05, 3.63) is 0 Å². The molecule has 0 aromatic rings. The molecule has 176 valence electrons. The van der Waals surface area contributed by atoms with Gasteiger partial charge in [0.1, 0.15) is 6.04 Å². The molecule has 7 heteroatoms. The third-order valence-electron chi connectivity index (χ3n) is 7.26. The summed E-state index contributed by atoms with van der Waals surface area (Å²) in [5, 5.41) is 3.18. The van der Waals surface area contributed by atoms with Crippen LogP contribution in [-0.2, 0) is 9.59 Å². The minimum absolute atomic E-state index is 0.0405. The van der Waals surface area contributed by atoms with Crippen LogP contribution in [0, 0.1) is 11.8 Å². The molecule has 3 fully saturated rings. The van der Waals surface area contributed by atoms with Gasteiger partial charge in [-0.25, -0.2) is 4.79 Å². The van der Waals surface area contributed by atoms with E-state index in [9.17, 15) is 14.4 Å². The Morgan fingerprint density at radius 1 is 1.03 bits per heavy atom. The van der Waals surface area contributed by atoms with E-state index < -0.39 is 11.9 Å². The molecule has 2 atom stereocenters. The molecule has 0 radical (unpaired) electrons. The molecule has 7 nitrogen and oxygen atoms in total. The van der Waals surface area contributed by atoms with Crippen LogP contribution < -0.4 is 11.1 Å². The topological polar surface area (TPSA) is 95.7 Å². The van der Waals surface area contributed by atoms with Crippen LogP contribution in [0.5, 0.6) is 0 Å². The van der Waals surface area contributed by atoms with Crippen LogP contribution in [0.15, 0.2) is 0 Å². The van der Waals surface area contributed by atoms with E-state index in [1.165, 1.54) is 25.7 Å². The molecule has 3 aliphatic rings. The van der Waals surface area contributed by atoms with Crippen molar-refractivity contribution in [2.45, 2.75) is 109 Å². The fourth-order valence-corrected chi connectivity index (χ4v) is 5.72. The number of primary amides is 1. The summed E-state index contributed by atoms with van der Waals surface area (Å²) in [6, 6.07) is -0.920. The molecule has 1 saturated heterocycles. The Hall–Kier alpha value is -1.79. The van der Waals surface area contributed by atoms with E-state index in [2.05, 4.69) is 19.2 Å². The lowest BCUT2D eigenvalue weighted by Crippen LogP contribution is -2.67. The first-order valence-electron chi connectivity index (χ1n) is 12.5. The van der Waals surface area contributed by atoms with E-state index in [4.69, 9.17) is 5.73 Å². The van der Waals surface area contributed by atoms with Crippen LogP contribution >= 0.6 is 0 Å². The maximum absolute atomic E-state index is 13.6. The highest BCUT2D eigenvalue weighted by molar-refractivity contribution is 5.89. The number of nitrogens with two attached hydrogens (primary N) is 1. The molecule has 1 heterocycles. The van der Waals surface area contributed by atoms with Crippen molar-refractivity contribution in [3.8, 4) is 0 Å². The van der Waals surface area contributed by atoms with Crippen molar-refractivity contribution >= 4 is 17.8 Å². The van der Waals surface area contributed by atoms with E-state index in [0.717, 1.165) is 45.1 Å². The van der Waals surface area contributed by atoms with Crippen LogP contribution in [0.4, 0.5) is 4.79 Å². The molecule has 0 aromatic carbocycles. The van der Waals surface area contributed by atoms with Gasteiger partial charge in [-0.15, -0.1) is 0 Å². The van der Waals surface area contributed by atoms with Gasteiger partial charge in [0.2, 0.25) is 11.8 Å². The molecule has 0 aromatic heterocycles. The Morgan fingerprint density at radius 3 is 2.23 bits per heavy atom. The summed E-state index contributed by atoms with van der Waals surface area (Å²) in [6.45, 7) is 5.30. The molecule has 1 aliphatic heterocycles. The van der Waals surface area contributed by atoms with Gasteiger partial charge in [-0.2, -0.15) is 0 Å². The summed E-state index contributed by atoms with van der Waals surface area (Å²) < 4.78 is 0. The van der Waals surface area contributed by atoms with Gasteiger partial charge in [-0.05, 0) is 43.9 Å². The Balaban J connectivity index is 1.79. The van der Waals surface area contributed by atoms with Gasteiger partial charge in [0.15, 0.2) is 0 Å². The van der Waals surface area contributed by atoms with E-state index in [0.29, 0.717) is 18.9 Å². The standard InChI is InChI=1S/C24H42N4O3/c1-17(2)13-21-23(30)27(15-18-9-5-3-6-10-18)16-20(14-22(25)29)28(21)24(31)26-19-11-7-4-8-12-19/h17-21H,3-16H2,1-2H3,(H2,25,29)(H,26,31). The van der Waals surface area contributed by atoms with Gasteiger partial charge in [-0.3, -0.25) is 9.59 Å². The monoisotopic (exact) mass is 434 g/mol. The van der Waals surface area contributed by atoms with Crippen molar-refractivity contribution < 1.29 is 14.4 Å². The Kier molecular flexibility index (Phi) is 8.61. The minimum Gasteiger partial charge on any atom is -0.370 e. The second-order valence-corrected chi connectivity index (χ2v) is 10.4. The van der Waals surface area contributed by atoms with Crippen LogP contribution in [0.25, 0.3) is 0 Å². The van der Waals surface area contributed by atoms with Gasteiger partial charge in [0.25, 0.3) is 0 Å². The number of piperazine rings is 1. The summed E-state index contributed by atoms with van der Waals surface area (Å²) in [7, 11) is 0. The van der Waals surface area contributed by atoms with Gasteiger partial charge in [-0.1, -0.05) is 52.4 Å². The van der Waals surface area contributed by atoms with E-state index in [1.807, 2.05) is 4.90 Å². The smallest absolute Gasteiger partial charge is 0.318 e. The number of urea groups is 1. The van der Waals surface area contributed by atoms with Crippen LogP contribution in [0.2, 0.25) is 0 Å². The highest BCUT2D eigenvalue weighted by Gasteiger charge is 2.44. The molecular formula is C24H42N4O3. The quantitative estimate of drug-likeness (QED) is 0.643. The summed E-state index contributed by atoms with van der Waals surface area (Å²) in [4.78, 5) is 42.4. The number of carbonyl (C=O) groups excluding carboxylic acids is 3. The number of amides is 4. The summed E-state index contributed by atoms with van der Waals surface area (Å²) in [5.74, 6) is 0.409. The number of rotatable bonds is 7. The zero-order chi connectivity index (χ0) is 22.4. The second kappa shape index (κ2) is 11.2. The van der Waals surface area contributed by atoms with Crippen LogP contribution in [0.1, 0.15) is 90.9 Å². The predicted octanol–water partition coefficient (Wildman–Crippen LogP) is 3.41. The third-order valence-corrected chi connectivity index (χ3v) is 7.26. The first kappa shape index (κ1) is 23.9. The summed E-state index contributed by atoms with van der Waals surface area (Å²) in [5.41, 5.74) is 5.58. The van der Waals surface area contributed by atoms with E-state index in [1.54, 1.807) is 4.90 Å². The van der Waals surface area contributed by atoms with Crippen LogP contribution in [-0.4, -0.2) is 58.9 Å². The molecule has 2 saturated carbocycles. The molecule has 3 N–H and O–H groups in total. The average Bonchev–Trinajstić information content (AvgIpc) is 2.72. The lowest BCUT2D eigenvalue weighted by molar-refractivity contribution is -0.145. The minimum atomic E-state index is -0.523. The number of nitrogens with zero attached hydrogens (tertiary/aromatic N) is 2. The van der Waals surface area contributed by atoms with Gasteiger partial charge in [0.05, 0.1) is 6.04 Å². The highest BCUT2D eigenvalue weighted by atomic mass is 16.2. The molecule has 3 rings (SSSR count).